The maximum absolute atomic E-state index is 12.4. The lowest BCUT2D eigenvalue weighted by molar-refractivity contribution is -0.384. The number of hydrogen-bond acceptors (Lipinski definition) is 6. The van der Waals surface area contributed by atoms with E-state index in [9.17, 15) is 20.2 Å². The monoisotopic (exact) mass is 437 g/mol. The number of amides is 1. The van der Waals surface area contributed by atoms with E-state index >= 15 is 0 Å². The average Bonchev–Trinajstić information content (AvgIpc) is 3.24. The van der Waals surface area contributed by atoms with E-state index in [-0.39, 0.29) is 28.6 Å². The van der Waals surface area contributed by atoms with Gasteiger partial charge in [-0.15, -0.1) is 0 Å². The Kier molecular flexibility index (Phi) is 6.70. The number of hydrogen-bond donors (Lipinski definition) is 1. The highest BCUT2D eigenvalue weighted by Gasteiger charge is 2.15. The van der Waals surface area contributed by atoms with Crippen LogP contribution in [0, 0.1) is 21.4 Å². The summed E-state index contributed by atoms with van der Waals surface area (Å²) in [6, 6.07) is 16.2. The van der Waals surface area contributed by atoms with Gasteiger partial charge in [0.1, 0.15) is 28.9 Å². The molecule has 0 aliphatic carbocycles. The Morgan fingerprint density at radius 1 is 1.26 bits per heavy atom. The maximum Gasteiger partial charge on any atom is 0.270 e. The summed E-state index contributed by atoms with van der Waals surface area (Å²) in [5, 5.41) is 23.0. The molecule has 0 bridgehead atoms. The topological polar surface area (TPSA) is 118 Å². The van der Waals surface area contributed by atoms with Gasteiger partial charge in [-0.05, 0) is 35.9 Å². The Hall–Kier alpha value is -4.09. The highest BCUT2D eigenvalue weighted by atomic mass is 35.5. The summed E-state index contributed by atoms with van der Waals surface area (Å²) in [7, 11) is 1.57. The SMILES string of the molecule is COc1ccc(CNC(=O)/C(C#N)=C\c2ccc(-c3ccc([N+](=O)[O-])cc3Cl)o2)cc1. The van der Waals surface area contributed by atoms with Gasteiger partial charge in [-0.2, -0.15) is 5.26 Å². The smallest absolute Gasteiger partial charge is 0.270 e. The zero-order valence-electron chi connectivity index (χ0n) is 16.3. The standard InChI is InChI=1S/C22H16ClN3O5/c1-30-17-5-2-14(3-6-17)13-25-22(27)15(12-24)10-18-7-9-21(31-18)19-8-4-16(26(28)29)11-20(19)23/h2-11H,13H2,1H3,(H,25,27)/b15-10-. The molecule has 1 heterocycles. The number of rotatable bonds is 7. The van der Waals surface area contributed by atoms with Crippen molar-refractivity contribution in [3.8, 4) is 23.1 Å². The van der Waals surface area contributed by atoms with Gasteiger partial charge in [0.2, 0.25) is 0 Å². The predicted molar refractivity (Wildman–Crippen MR) is 114 cm³/mol. The first-order chi connectivity index (χ1) is 14.9. The number of nitrogens with one attached hydrogen (secondary N) is 1. The molecule has 156 valence electrons. The fraction of sp³-hybridized carbons (Fsp3) is 0.0909. The molecule has 0 atom stereocenters. The molecule has 0 radical (unpaired) electrons. The van der Waals surface area contributed by atoms with Gasteiger partial charge >= 0.3 is 0 Å². The molecule has 1 aromatic heterocycles. The summed E-state index contributed by atoms with van der Waals surface area (Å²) in [4.78, 5) is 22.6. The Morgan fingerprint density at radius 2 is 2.00 bits per heavy atom. The maximum atomic E-state index is 12.4. The molecule has 1 amide bonds. The van der Waals surface area contributed by atoms with E-state index in [0.717, 1.165) is 5.56 Å². The number of carbonyl (C=O) groups excluding carboxylic acids is 1. The molecule has 0 saturated carbocycles. The van der Waals surface area contributed by atoms with Crippen LogP contribution >= 0.6 is 11.6 Å². The first-order valence-corrected chi connectivity index (χ1v) is 9.36. The third kappa shape index (κ3) is 5.29. The summed E-state index contributed by atoms with van der Waals surface area (Å²) < 4.78 is 10.7. The molecule has 2 aromatic carbocycles. The van der Waals surface area contributed by atoms with Gasteiger partial charge in [0.25, 0.3) is 11.6 Å². The average molecular weight is 438 g/mol. The number of ether oxygens (including phenoxy) is 1. The number of furan rings is 1. The molecule has 0 spiro atoms. The molecule has 1 N–H and O–H groups in total. The highest BCUT2D eigenvalue weighted by Crippen LogP contribution is 2.32. The van der Waals surface area contributed by atoms with Crippen LogP contribution in [0.15, 0.2) is 64.6 Å². The fourth-order valence-electron chi connectivity index (χ4n) is 2.70. The van der Waals surface area contributed by atoms with E-state index in [0.29, 0.717) is 17.1 Å². The van der Waals surface area contributed by atoms with Crippen molar-refractivity contribution in [1.82, 2.24) is 5.32 Å². The molecule has 9 heteroatoms. The van der Waals surface area contributed by atoms with Crippen molar-refractivity contribution in [1.29, 1.82) is 5.26 Å². The molecule has 31 heavy (non-hydrogen) atoms. The molecule has 0 fully saturated rings. The van der Waals surface area contributed by atoms with Crippen LogP contribution in [0.2, 0.25) is 5.02 Å². The minimum Gasteiger partial charge on any atom is -0.497 e. The van der Waals surface area contributed by atoms with E-state index in [1.165, 1.54) is 24.3 Å². The van der Waals surface area contributed by atoms with Crippen molar-refractivity contribution in [3.05, 3.63) is 86.6 Å². The molecule has 0 unspecified atom stereocenters. The Morgan fingerprint density at radius 3 is 2.61 bits per heavy atom. The van der Waals surface area contributed by atoms with E-state index in [2.05, 4.69) is 5.32 Å². The lowest BCUT2D eigenvalue weighted by atomic mass is 10.1. The van der Waals surface area contributed by atoms with Crippen LogP contribution in [0.5, 0.6) is 5.75 Å². The summed E-state index contributed by atoms with van der Waals surface area (Å²) in [6.07, 6.45) is 1.31. The summed E-state index contributed by atoms with van der Waals surface area (Å²) in [5.74, 6) is 0.765. The van der Waals surface area contributed by atoms with E-state index in [4.69, 9.17) is 20.8 Å². The molecule has 0 aliphatic rings. The zero-order chi connectivity index (χ0) is 22.4. The molecule has 3 aromatic rings. The normalized spacial score (nSPS) is 10.9. The van der Waals surface area contributed by atoms with Crippen LogP contribution in [0.3, 0.4) is 0 Å². The lowest BCUT2D eigenvalue weighted by Gasteiger charge is -2.05. The largest absolute Gasteiger partial charge is 0.497 e. The van der Waals surface area contributed by atoms with Crippen molar-refractivity contribution in [2.45, 2.75) is 6.54 Å². The Bertz CT molecular complexity index is 1190. The molecular formula is C22H16ClN3O5. The van der Waals surface area contributed by atoms with Crippen LogP contribution in [-0.2, 0) is 11.3 Å². The van der Waals surface area contributed by atoms with Gasteiger partial charge in [0.05, 0.1) is 17.1 Å². The lowest BCUT2D eigenvalue weighted by Crippen LogP contribution is -2.23. The van der Waals surface area contributed by atoms with E-state index in [1.807, 2.05) is 18.2 Å². The number of non-ortho nitro benzene ring substituents is 1. The van der Waals surface area contributed by atoms with Gasteiger partial charge in [0, 0.05) is 30.3 Å². The van der Waals surface area contributed by atoms with Gasteiger partial charge in [0.15, 0.2) is 0 Å². The van der Waals surface area contributed by atoms with Crippen LogP contribution < -0.4 is 10.1 Å². The van der Waals surface area contributed by atoms with Gasteiger partial charge < -0.3 is 14.5 Å². The van der Waals surface area contributed by atoms with Crippen molar-refractivity contribution < 1.29 is 18.9 Å². The molecule has 0 aliphatic heterocycles. The third-order valence-corrected chi connectivity index (χ3v) is 4.63. The van der Waals surface area contributed by atoms with Gasteiger partial charge in [-0.3, -0.25) is 14.9 Å². The minimum absolute atomic E-state index is 0.135. The van der Waals surface area contributed by atoms with Crippen molar-refractivity contribution >= 4 is 29.3 Å². The second kappa shape index (κ2) is 9.61. The number of nitro groups is 1. The third-order valence-electron chi connectivity index (χ3n) is 4.32. The zero-order valence-corrected chi connectivity index (χ0v) is 17.1. The first-order valence-electron chi connectivity index (χ1n) is 8.98. The molecule has 3 rings (SSSR count). The minimum atomic E-state index is -0.551. The number of methoxy groups -OCH3 is 1. The number of carbonyl (C=O) groups is 1. The number of benzene rings is 2. The summed E-state index contributed by atoms with van der Waals surface area (Å²) in [5.41, 5.74) is 1.03. The predicted octanol–water partition coefficient (Wildman–Crippen LogP) is 4.74. The summed E-state index contributed by atoms with van der Waals surface area (Å²) >= 11 is 6.12. The van der Waals surface area contributed by atoms with E-state index < -0.39 is 10.8 Å². The van der Waals surface area contributed by atoms with Crippen LogP contribution in [0.4, 0.5) is 5.69 Å². The number of halogens is 1. The molecular weight excluding hydrogens is 422 g/mol. The number of nitriles is 1. The van der Waals surface area contributed by atoms with Crippen molar-refractivity contribution in [2.75, 3.05) is 7.11 Å². The Labute approximate surface area is 182 Å². The van der Waals surface area contributed by atoms with Crippen LogP contribution in [0.25, 0.3) is 17.4 Å². The van der Waals surface area contributed by atoms with Gasteiger partial charge in [-0.25, -0.2) is 0 Å². The molecule has 0 saturated heterocycles. The number of nitrogens with zero attached hydrogens (tertiary/aromatic N) is 2. The van der Waals surface area contributed by atoms with Crippen LogP contribution in [-0.4, -0.2) is 17.9 Å². The highest BCUT2D eigenvalue weighted by molar-refractivity contribution is 6.33. The quantitative estimate of drug-likeness (QED) is 0.247. The second-order valence-electron chi connectivity index (χ2n) is 6.32. The van der Waals surface area contributed by atoms with Crippen molar-refractivity contribution in [2.24, 2.45) is 0 Å². The Balaban J connectivity index is 1.72. The summed E-state index contributed by atoms with van der Waals surface area (Å²) in [6.45, 7) is 0.240. The first kappa shape index (κ1) is 21.6. The van der Waals surface area contributed by atoms with Gasteiger partial charge in [-0.1, -0.05) is 23.7 Å². The number of nitro benzene ring substituents is 1. The van der Waals surface area contributed by atoms with E-state index in [1.54, 1.807) is 31.4 Å². The van der Waals surface area contributed by atoms with Crippen molar-refractivity contribution in [3.63, 3.8) is 0 Å². The molecule has 8 nitrogen and oxygen atoms in total. The van der Waals surface area contributed by atoms with Crippen LogP contribution in [0.1, 0.15) is 11.3 Å². The fourth-order valence-corrected chi connectivity index (χ4v) is 2.97. The second-order valence-corrected chi connectivity index (χ2v) is 6.73.